The van der Waals surface area contributed by atoms with Crippen LogP contribution >= 0.6 is 11.6 Å². The number of ether oxygens (including phenoxy) is 2. The molecule has 2 aromatic carbocycles. The van der Waals surface area contributed by atoms with Gasteiger partial charge in [-0.1, -0.05) is 60.1 Å². The highest BCUT2D eigenvalue weighted by molar-refractivity contribution is 6.34. The highest BCUT2D eigenvalue weighted by Crippen LogP contribution is 2.46. The topological polar surface area (TPSA) is 48.3 Å². The Morgan fingerprint density at radius 1 is 1.00 bits per heavy atom. The van der Waals surface area contributed by atoms with E-state index in [1.54, 1.807) is 14.2 Å². The highest BCUT2D eigenvalue weighted by Gasteiger charge is 2.34. The molecule has 0 fully saturated rings. The van der Waals surface area contributed by atoms with Crippen molar-refractivity contribution in [3.05, 3.63) is 77.0 Å². The monoisotopic (exact) mass is 447 g/mol. The van der Waals surface area contributed by atoms with E-state index in [1.165, 1.54) is 18.4 Å². The molecule has 6 heteroatoms. The van der Waals surface area contributed by atoms with Crippen LogP contribution in [-0.2, 0) is 4.74 Å². The summed E-state index contributed by atoms with van der Waals surface area (Å²) in [7, 11) is 3.35. The summed E-state index contributed by atoms with van der Waals surface area (Å²) in [4.78, 5) is 0. The van der Waals surface area contributed by atoms with E-state index in [4.69, 9.17) is 26.2 Å². The summed E-state index contributed by atoms with van der Waals surface area (Å²) in [5, 5.41) is 9.06. The number of rotatable bonds is 5. The van der Waals surface area contributed by atoms with Crippen molar-refractivity contribution in [1.82, 2.24) is 9.78 Å². The third-order valence-corrected chi connectivity index (χ3v) is 6.43. The summed E-state index contributed by atoms with van der Waals surface area (Å²) in [5.41, 5.74) is 6.26. The molecule has 3 aromatic rings. The van der Waals surface area contributed by atoms with Crippen LogP contribution in [0.4, 0.5) is 5.82 Å². The van der Waals surface area contributed by atoms with Crippen molar-refractivity contribution in [1.29, 1.82) is 0 Å². The summed E-state index contributed by atoms with van der Waals surface area (Å²) < 4.78 is 13.2. The molecule has 1 N–H and O–H groups in total. The molecule has 0 saturated heterocycles. The molecule has 1 aromatic heterocycles. The van der Waals surface area contributed by atoms with E-state index < -0.39 is 6.23 Å². The van der Waals surface area contributed by atoms with Crippen LogP contribution in [0.5, 0.6) is 5.75 Å². The molecule has 0 radical (unpaired) electrons. The number of methoxy groups -OCH3 is 2. The first-order valence-corrected chi connectivity index (χ1v) is 11.3. The zero-order valence-corrected chi connectivity index (χ0v) is 19.0. The molecular weight excluding hydrogens is 422 g/mol. The Hall–Kier alpha value is -3.02. The van der Waals surface area contributed by atoms with Crippen molar-refractivity contribution >= 4 is 28.6 Å². The Kier molecular flexibility index (Phi) is 5.77. The maximum absolute atomic E-state index is 6.85. The van der Waals surface area contributed by atoms with Crippen LogP contribution in [0.15, 0.2) is 65.8 Å². The molecule has 0 bridgehead atoms. The van der Waals surface area contributed by atoms with Gasteiger partial charge >= 0.3 is 0 Å². The van der Waals surface area contributed by atoms with Crippen LogP contribution in [0.3, 0.4) is 0 Å². The minimum absolute atomic E-state index is 0.451. The van der Waals surface area contributed by atoms with Gasteiger partial charge in [0.05, 0.1) is 7.11 Å². The van der Waals surface area contributed by atoms with Crippen LogP contribution in [0.25, 0.3) is 22.4 Å². The maximum Gasteiger partial charge on any atom is 0.181 e. The Balaban J connectivity index is 1.67. The number of benzene rings is 2. The van der Waals surface area contributed by atoms with Crippen molar-refractivity contribution < 1.29 is 9.47 Å². The van der Waals surface area contributed by atoms with Gasteiger partial charge in [0.25, 0.3) is 0 Å². The van der Waals surface area contributed by atoms with Gasteiger partial charge in [-0.3, -0.25) is 0 Å². The molecule has 2 heterocycles. The van der Waals surface area contributed by atoms with Gasteiger partial charge in [-0.2, -0.15) is 5.10 Å². The number of aromatic nitrogens is 2. The molecule has 0 saturated carbocycles. The average molecular weight is 448 g/mol. The molecule has 0 amide bonds. The second-order valence-electron chi connectivity index (χ2n) is 8.03. The molecule has 1 aliphatic heterocycles. The lowest BCUT2D eigenvalue weighted by molar-refractivity contribution is 0.0833. The molecule has 32 heavy (non-hydrogen) atoms. The highest BCUT2D eigenvalue weighted by atomic mass is 35.5. The smallest absolute Gasteiger partial charge is 0.181 e. The van der Waals surface area contributed by atoms with Gasteiger partial charge in [-0.15, -0.1) is 0 Å². The molecular formula is C26H26ClN3O2. The van der Waals surface area contributed by atoms with Gasteiger partial charge < -0.3 is 14.8 Å². The first kappa shape index (κ1) is 20.9. The summed E-state index contributed by atoms with van der Waals surface area (Å²) >= 11 is 6.85. The number of hydrogen-bond donors (Lipinski definition) is 1. The lowest BCUT2D eigenvalue weighted by Gasteiger charge is -2.29. The quantitative estimate of drug-likeness (QED) is 0.442. The number of anilines is 1. The van der Waals surface area contributed by atoms with E-state index >= 15 is 0 Å². The summed E-state index contributed by atoms with van der Waals surface area (Å²) in [6, 6.07) is 18.1. The fraction of sp³-hybridized carbons (Fsp3) is 0.269. The van der Waals surface area contributed by atoms with Crippen molar-refractivity contribution in [3.63, 3.8) is 0 Å². The number of allylic oxidation sites excluding steroid dienone is 2. The van der Waals surface area contributed by atoms with E-state index in [0.29, 0.717) is 5.16 Å². The van der Waals surface area contributed by atoms with Crippen LogP contribution in [0.2, 0.25) is 0 Å². The van der Waals surface area contributed by atoms with E-state index in [0.717, 1.165) is 52.4 Å². The van der Waals surface area contributed by atoms with Gasteiger partial charge in [0.15, 0.2) is 6.23 Å². The molecule has 2 aliphatic rings. The second-order valence-corrected chi connectivity index (χ2v) is 8.41. The molecule has 1 aliphatic carbocycles. The van der Waals surface area contributed by atoms with Crippen LogP contribution < -0.4 is 10.1 Å². The van der Waals surface area contributed by atoms with E-state index in [1.807, 2.05) is 47.1 Å². The Bertz CT molecular complexity index is 1180. The first-order chi connectivity index (χ1) is 15.7. The zero-order chi connectivity index (χ0) is 22.1. The summed E-state index contributed by atoms with van der Waals surface area (Å²) in [5.74, 6) is 1.67. The summed E-state index contributed by atoms with van der Waals surface area (Å²) in [6.45, 7) is 0. The Morgan fingerprint density at radius 2 is 1.78 bits per heavy atom. The lowest BCUT2D eigenvalue weighted by atomic mass is 9.91. The SMILES string of the molecule is COc1ccc(C2=C(Cl)Nc3c(C4=CCCCC4)c(-c4ccccc4)nn3C2OC)cc1. The summed E-state index contributed by atoms with van der Waals surface area (Å²) in [6.07, 6.45) is 6.41. The first-order valence-electron chi connectivity index (χ1n) is 10.9. The molecule has 1 unspecified atom stereocenters. The number of fused-ring (bicyclic) bond motifs is 1. The van der Waals surface area contributed by atoms with Gasteiger partial charge in [0.2, 0.25) is 0 Å². The van der Waals surface area contributed by atoms with Crippen LogP contribution in [0.1, 0.15) is 43.0 Å². The predicted molar refractivity (Wildman–Crippen MR) is 130 cm³/mol. The fourth-order valence-electron chi connectivity index (χ4n) is 4.55. The van der Waals surface area contributed by atoms with Gasteiger partial charge in [0, 0.05) is 23.8 Å². The lowest BCUT2D eigenvalue weighted by Crippen LogP contribution is -2.23. The maximum atomic E-state index is 6.85. The van der Waals surface area contributed by atoms with Gasteiger partial charge in [0.1, 0.15) is 22.4 Å². The van der Waals surface area contributed by atoms with Gasteiger partial charge in [-0.25, -0.2) is 4.68 Å². The normalized spacial score (nSPS) is 18.1. The van der Waals surface area contributed by atoms with Gasteiger partial charge in [-0.05, 0) is 49.0 Å². The molecule has 5 nitrogen and oxygen atoms in total. The standard InChI is InChI=1S/C26H26ClN3O2/c1-31-20-15-13-18(14-16-20)22-24(27)28-25-21(17-9-5-3-6-10-17)23(19-11-7-4-8-12-19)29-30(25)26(22)32-2/h4,7-9,11-16,26,28H,3,5-6,10H2,1-2H3. The number of hydrogen-bond acceptors (Lipinski definition) is 4. The predicted octanol–water partition coefficient (Wildman–Crippen LogP) is 6.69. The minimum Gasteiger partial charge on any atom is -0.497 e. The van der Waals surface area contributed by atoms with Crippen LogP contribution in [0, 0.1) is 0 Å². The van der Waals surface area contributed by atoms with E-state index in [2.05, 4.69) is 23.5 Å². The number of nitrogens with zero attached hydrogens (tertiary/aromatic N) is 2. The second kappa shape index (κ2) is 8.85. The number of nitrogens with one attached hydrogen (secondary N) is 1. The fourth-order valence-corrected chi connectivity index (χ4v) is 4.84. The largest absolute Gasteiger partial charge is 0.497 e. The third-order valence-electron chi connectivity index (χ3n) is 6.13. The van der Waals surface area contributed by atoms with E-state index in [-0.39, 0.29) is 0 Å². The van der Waals surface area contributed by atoms with E-state index in [9.17, 15) is 0 Å². The molecule has 5 rings (SSSR count). The molecule has 164 valence electrons. The van der Waals surface area contributed by atoms with Crippen molar-refractivity contribution in [2.45, 2.75) is 31.9 Å². The Labute approximate surface area is 193 Å². The zero-order valence-electron chi connectivity index (χ0n) is 18.3. The van der Waals surface area contributed by atoms with Crippen molar-refractivity contribution in [3.8, 4) is 17.0 Å². The van der Waals surface area contributed by atoms with Crippen LogP contribution in [-0.4, -0.2) is 24.0 Å². The van der Waals surface area contributed by atoms with Crippen molar-refractivity contribution in [2.75, 3.05) is 19.5 Å². The average Bonchev–Trinajstić information content (AvgIpc) is 3.23. The third kappa shape index (κ3) is 3.61. The van der Waals surface area contributed by atoms with Crippen molar-refractivity contribution in [2.24, 2.45) is 0 Å². The Morgan fingerprint density at radius 3 is 2.44 bits per heavy atom. The minimum atomic E-state index is -0.451. The number of halogens is 1. The molecule has 1 atom stereocenters. The molecule has 0 spiro atoms.